The number of hydrogen-bond donors (Lipinski definition) is 0. The van der Waals surface area contributed by atoms with Crippen LogP contribution in [-0.4, -0.2) is 9.78 Å². The van der Waals surface area contributed by atoms with Gasteiger partial charge in [-0.25, -0.2) is 0 Å². The van der Waals surface area contributed by atoms with Crippen LogP contribution in [0.5, 0.6) is 0 Å². The van der Waals surface area contributed by atoms with Crippen LogP contribution in [0.3, 0.4) is 0 Å². The number of fused-ring (bicyclic) bond motifs is 1. The number of aromatic nitrogens is 2. The van der Waals surface area contributed by atoms with Gasteiger partial charge in [-0.2, -0.15) is 10.4 Å². The van der Waals surface area contributed by atoms with E-state index in [0.29, 0.717) is 0 Å². The summed E-state index contributed by atoms with van der Waals surface area (Å²) in [5, 5.41) is 15.6. The summed E-state index contributed by atoms with van der Waals surface area (Å²) in [4.78, 5) is 0. The summed E-state index contributed by atoms with van der Waals surface area (Å²) in [6, 6.07) is 11.0. The van der Waals surface area contributed by atoms with E-state index in [4.69, 9.17) is 0 Å². The van der Waals surface area contributed by atoms with E-state index in [-0.39, 0.29) is 5.41 Å². The summed E-state index contributed by atoms with van der Waals surface area (Å²) >= 11 is 0. The average Bonchev–Trinajstić information content (AvgIpc) is 2.85. The number of rotatable bonds is 3. The number of nitrogens with zero attached hydrogens (tertiary/aromatic N) is 3. The molecule has 3 nitrogen and oxygen atoms in total. The van der Waals surface area contributed by atoms with Gasteiger partial charge in [0.05, 0.1) is 22.7 Å². The van der Waals surface area contributed by atoms with Crippen LogP contribution in [0, 0.1) is 22.7 Å². The minimum absolute atomic E-state index is 0.206. The van der Waals surface area contributed by atoms with Gasteiger partial charge in [0.1, 0.15) is 0 Å². The topological polar surface area (TPSA) is 41.6 Å². The first-order valence-corrected chi connectivity index (χ1v) is 7.99. The molecular formula is C18H23N3. The lowest BCUT2D eigenvalue weighted by Gasteiger charge is -2.34. The molecule has 0 radical (unpaired) electrons. The molecule has 1 aromatic heterocycles. The highest BCUT2D eigenvalue weighted by Crippen LogP contribution is 2.42. The van der Waals surface area contributed by atoms with Gasteiger partial charge < -0.3 is 0 Å². The smallest absolute Gasteiger partial charge is 0.0719 e. The molecule has 1 aliphatic rings. The predicted molar refractivity (Wildman–Crippen MR) is 84.7 cm³/mol. The van der Waals surface area contributed by atoms with Crippen LogP contribution in [0.15, 0.2) is 24.3 Å². The van der Waals surface area contributed by atoms with Crippen LogP contribution < -0.4 is 0 Å². The number of para-hydroxylation sites is 1. The molecule has 0 atom stereocenters. The van der Waals surface area contributed by atoms with Crippen molar-refractivity contribution in [2.45, 2.75) is 45.4 Å². The maximum Gasteiger partial charge on any atom is 0.0719 e. The van der Waals surface area contributed by atoms with Crippen molar-refractivity contribution in [2.75, 3.05) is 0 Å². The molecule has 3 heteroatoms. The summed E-state index contributed by atoms with van der Waals surface area (Å²) < 4.78 is 1.94. The molecule has 1 aliphatic carbocycles. The molecule has 0 saturated heterocycles. The molecule has 1 heterocycles. The van der Waals surface area contributed by atoms with Crippen LogP contribution in [0.1, 0.15) is 44.7 Å². The van der Waals surface area contributed by atoms with Gasteiger partial charge in [0.15, 0.2) is 0 Å². The first-order chi connectivity index (χ1) is 10.2. The summed E-state index contributed by atoms with van der Waals surface area (Å²) in [7, 11) is 1.98. The molecule has 3 rings (SSSR count). The van der Waals surface area contributed by atoms with E-state index in [2.05, 4.69) is 36.3 Å². The zero-order chi connectivity index (χ0) is 14.9. The van der Waals surface area contributed by atoms with E-state index >= 15 is 0 Å². The molecule has 0 unspecified atom stereocenters. The van der Waals surface area contributed by atoms with Crippen molar-refractivity contribution in [3.63, 3.8) is 0 Å². The number of benzene rings is 1. The molecule has 1 saturated carbocycles. The van der Waals surface area contributed by atoms with E-state index < -0.39 is 0 Å². The molecule has 1 fully saturated rings. The molecular weight excluding hydrogens is 258 g/mol. The molecule has 0 bridgehead atoms. The number of hydrogen-bond acceptors (Lipinski definition) is 2. The Morgan fingerprint density at radius 1 is 1.33 bits per heavy atom. The van der Waals surface area contributed by atoms with Crippen LogP contribution in [-0.2, 0) is 13.5 Å². The normalized spacial score (nSPS) is 25.9. The third kappa shape index (κ3) is 2.55. The van der Waals surface area contributed by atoms with Gasteiger partial charge in [-0.3, -0.25) is 4.68 Å². The van der Waals surface area contributed by atoms with E-state index in [9.17, 15) is 5.26 Å². The van der Waals surface area contributed by atoms with Gasteiger partial charge in [0.25, 0.3) is 0 Å². The molecule has 0 N–H and O–H groups in total. The van der Waals surface area contributed by atoms with Gasteiger partial charge in [-0.15, -0.1) is 0 Å². The number of aryl methyl sites for hydroxylation is 1. The summed E-state index contributed by atoms with van der Waals surface area (Å²) in [6.07, 6.45) is 6.46. The zero-order valence-corrected chi connectivity index (χ0v) is 13.0. The Morgan fingerprint density at radius 3 is 2.71 bits per heavy atom. The molecule has 0 spiro atoms. The summed E-state index contributed by atoms with van der Waals surface area (Å²) in [6.45, 7) is 2.26. The molecule has 0 aliphatic heterocycles. The standard InChI is InChI=1S/C18H23N3/c1-3-14-8-10-18(13-19,11-9-14)12-16-15-6-4-5-7-17(15)21(2)20-16/h4-7,14H,3,8-12H2,1-2H3. The van der Waals surface area contributed by atoms with Crippen LogP contribution >= 0.6 is 0 Å². The van der Waals surface area contributed by atoms with Gasteiger partial charge >= 0.3 is 0 Å². The molecule has 110 valence electrons. The Hall–Kier alpha value is -1.82. The van der Waals surface area contributed by atoms with Crippen molar-refractivity contribution in [3.8, 4) is 6.07 Å². The lowest BCUT2D eigenvalue weighted by atomic mass is 9.68. The second kappa shape index (κ2) is 5.52. The van der Waals surface area contributed by atoms with Gasteiger partial charge in [0.2, 0.25) is 0 Å². The fourth-order valence-corrected chi connectivity index (χ4v) is 3.71. The van der Waals surface area contributed by atoms with E-state index in [0.717, 1.165) is 36.4 Å². The summed E-state index contributed by atoms with van der Waals surface area (Å²) in [5.41, 5.74) is 2.04. The highest BCUT2D eigenvalue weighted by Gasteiger charge is 2.36. The molecule has 2 aromatic rings. The fraction of sp³-hybridized carbons (Fsp3) is 0.556. The Balaban J connectivity index is 1.89. The van der Waals surface area contributed by atoms with Crippen molar-refractivity contribution < 1.29 is 0 Å². The van der Waals surface area contributed by atoms with Crippen molar-refractivity contribution in [2.24, 2.45) is 18.4 Å². The molecule has 21 heavy (non-hydrogen) atoms. The summed E-state index contributed by atoms with van der Waals surface area (Å²) in [5.74, 6) is 0.812. The quantitative estimate of drug-likeness (QED) is 0.845. The second-order valence-corrected chi connectivity index (χ2v) is 6.51. The van der Waals surface area contributed by atoms with Gasteiger partial charge in [0, 0.05) is 18.9 Å². The van der Waals surface area contributed by atoms with Gasteiger partial charge in [-0.05, 0) is 37.7 Å². The van der Waals surface area contributed by atoms with Gasteiger partial charge in [-0.1, -0.05) is 31.5 Å². The Bertz CT molecular complexity index is 669. The SMILES string of the molecule is CCC1CCC(C#N)(Cc2nn(C)c3ccccc23)CC1. The third-order valence-corrected chi connectivity index (χ3v) is 5.22. The lowest BCUT2D eigenvalue weighted by Crippen LogP contribution is -2.28. The average molecular weight is 281 g/mol. The van der Waals surface area contributed by atoms with Crippen molar-refractivity contribution in [3.05, 3.63) is 30.0 Å². The minimum atomic E-state index is -0.206. The van der Waals surface area contributed by atoms with E-state index in [1.54, 1.807) is 0 Å². The minimum Gasteiger partial charge on any atom is -0.268 e. The van der Waals surface area contributed by atoms with Crippen LogP contribution in [0.2, 0.25) is 0 Å². The Kier molecular flexibility index (Phi) is 3.71. The van der Waals surface area contributed by atoms with Crippen molar-refractivity contribution in [1.29, 1.82) is 5.26 Å². The first-order valence-electron chi connectivity index (χ1n) is 7.99. The fourth-order valence-electron chi connectivity index (χ4n) is 3.71. The van der Waals surface area contributed by atoms with E-state index in [1.807, 2.05) is 17.8 Å². The van der Waals surface area contributed by atoms with Crippen LogP contribution in [0.25, 0.3) is 10.9 Å². The monoisotopic (exact) mass is 281 g/mol. The van der Waals surface area contributed by atoms with E-state index in [1.165, 1.54) is 24.6 Å². The highest BCUT2D eigenvalue weighted by molar-refractivity contribution is 5.81. The second-order valence-electron chi connectivity index (χ2n) is 6.51. The Morgan fingerprint density at radius 2 is 2.05 bits per heavy atom. The molecule has 0 amide bonds. The first kappa shape index (κ1) is 14.1. The maximum atomic E-state index is 9.76. The Labute approximate surface area is 126 Å². The van der Waals surface area contributed by atoms with Crippen LogP contribution in [0.4, 0.5) is 0 Å². The number of nitriles is 1. The zero-order valence-electron chi connectivity index (χ0n) is 13.0. The third-order valence-electron chi connectivity index (χ3n) is 5.22. The maximum absolute atomic E-state index is 9.76. The largest absolute Gasteiger partial charge is 0.268 e. The predicted octanol–water partition coefficient (Wildman–Crippen LogP) is 4.23. The van der Waals surface area contributed by atoms with Crippen molar-refractivity contribution in [1.82, 2.24) is 9.78 Å². The van der Waals surface area contributed by atoms with Crippen molar-refractivity contribution >= 4 is 10.9 Å². The molecule has 1 aromatic carbocycles. The highest BCUT2D eigenvalue weighted by atomic mass is 15.3. The lowest BCUT2D eigenvalue weighted by molar-refractivity contribution is 0.204.